The van der Waals surface area contributed by atoms with Crippen molar-refractivity contribution < 1.29 is 0 Å². The highest BCUT2D eigenvalue weighted by Gasteiger charge is 2.25. The molecule has 0 saturated carbocycles. The van der Waals surface area contributed by atoms with Crippen molar-refractivity contribution in [3.63, 3.8) is 0 Å². The molecule has 1 saturated heterocycles. The van der Waals surface area contributed by atoms with Gasteiger partial charge in [0, 0.05) is 24.0 Å². The molecule has 0 spiro atoms. The average Bonchev–Trinajstić information content (AvgIpc) is 2.52. The van der Waals surface area contributed by atoms with E-state index < -0.39 is 0 Å². The monoisotopic (exact) mass is 274 g/mol. The summed E-state index contributed by atoms with van der Waals surface area (Å²) >= 11 is 0. The van der Waals surface area contributed by atoms with E-state index in [0.29, 0.717) is 0 Å². The van der Waals surface area contributed by atoms with Crippen LogP contribution in [0.1, 0.15) is 6.92 Å². The average molecular weight is 274 g/mol. The predicted octanol–water partition coefficient (Wildman–Crippen LogP) is 4.36. The van der Waals surface area contributed by atoms with Crippen LogP contribution in [0, 0.1) is 5.92 Å². The summed E-state index contributed by atoms with van der Waals surface area (Å²) in [6, 6.07) is 21.2. The first-order chi connectivity index (χ1) is 10.3. The van der Waals surface area contributed by atoms with Crippen molar-refractivity contribution in [3.8, 4) is 11.3 Å². The van der Waals surface area contributed by atoms with E-state index in [9.17, 15) is 0 Å². The van der Waals surface area contributed by atoms with Gasteiger partial charge in [0.15, 0.2) is 0 Å². The van der Waals surface area contributed by atoms with Crippen LogP contribution < -0.4 is 4.90 Å². The Hall–Kier alpha value is -2.35. The van der Waals surface area contributed by atoms with Crippen molar-refractivity contribution in [3.05, 3.63) is 60.7 Å². The highest BCUT2D eigenvalue weighted by atomic mass is 15.2. The Kier molecular flexibility index (Phi) is 2.88. The minimum absolute atomic E-state index is 0.769. The number of benzene rings is 2. The van der Waals surface area contributed by atoms with Crippen LogP contribution in [0.25, 0.3) is 22.0 Å². The van der Waals surface area contributed by atoms with E-state index in [1.165, 1.54) is 16.3 Å². The molecule has 1 fully saturated rings. The predicted molar refractivity (Wildman–Crippen MR) is 88.6 cm³/mol. The maximum Gasteiger partial charge on any atom is 0.137 e. The molecule has 4 rings (SSSR count). The maximum atomic E-state index is 4.95. The molecule has 3 aromatic rings. The molecule has 0 radical (unpaired) electrons. The van der Waals surface area contributed by atoms with Crippen molar-refractivity contribution >= 4 is 16.6 Å². The lowest BCUT2D eigenvalue weighted by Crippen LogP contribution is -2.45. The topological polar surface area (TPSA) is 16.1 Å². The number of hydrogen-bond acceptors (Lipinski definition) is 2. The molecule has 0 bridgehead atoms. The molecular formula is C19H18N2. The van der Waals surface area contributed by atoms with Gasteiger partial charge in [-0.3, -0.25) is 0 Å². The van der Waals surface area contributed by atoms with Gasteiger partial charge in [0.2, 0.25) is 0 Å². The van der Waals surface area contributed by atoms with E-state index in [-0.39, 0.29) is 0 Å². The highest BCUT2D eigenvalue weighted by Crippen LogP contribution is 2.33. The van der Waals surface area contributed by atoms with Crippen molar-refractivity contribution in [1.29, 1.82) is 0 Å². The molecule has 0 atom stereocenters. The van der Waals surface area contributed by atoms with Gasteiger partial charge in [-0.15, -0.1) is 0 Å². The van der Waals surface area contributed by atoms with Gasteiger partial charge >= 0.3 is 0 Å². The van der Waals surface area contributed by atoms with Crippen LogP contribution in [0.15, 0.2) is 60.7 Å². The molecule has 2 nitrogen and oxygen atoms in total. The second-order valence-electron chi connectivity index (χ2n) is 5.93. The van der Waals surface area contributed by atoms with Crippen LogP contribution in [0.3, 0.4) is 0 Å². The molecule has 21 heavy (non-hydrogen) atoms. The number of fused-ring (bicyclic) bond motifs is 1. The maximum absolute atomic E-state index is 4.95. The van der Waals surface area contributed by atoms with Crippen molar-refractivity contribution in [2.24, 2.45) is 5.92 Å². The Morgan fingerprint density at radius 2 is 1.67 bits per heavy atom. The first-order valence-corrected chi connectivity index (χ1v) is 7.51. The van der Waals surface area contributed by atoms with Gasteiger partial charge in [-0.1, -0.05) is 61.5 Å². The molecule has 2 aromatic carbocycles. The normalized spacial score (nSPS) is 15.2. The first-order valence-electron chi connectivity index (χ1n) is 7.51. The summed E-state index contributed by atoms with van der Waals surface area (Å²) in [7, 11) is 0. The lowest BCUT2D eigenvalue weighted by molar-refractivity contribution is 0.445. The first kappa shape index (κ1) is 12.4. The van der Waals surface area contributed by atoms with Gasteiger partial charge in [0.1, 0.15) is 5.82 Å². The largest absolute Gasteiger partial charge is 0.355 e. The number of pyridine rings is 1. The van der Waals surface area contributed by atoms with E-state index in [1.54, 1.807) is 0 Å². The third kappa shape index (κ3) is 2.17. The van der Waals surface area contributed by atoms with Crippen LogP contribution in [-0.4, -0.2) is 18.1 Å². The van der Waals surface area contributed by atoms with Crippen LogP contribution >= 0.6 is 0 Å². The van der Waals surface area contributed by atoms with E-state index in [1.807, 2.05) is 6.07 Å². The number of rotatable bonds is 2. The third-order valence-electron chi connectivity index (χ3n) is 4.15. The van der Waals surface area contributed by atoms with E-state index in [2.05, 4.69) is 66.4 Å². The Morgan fingerprint density at radius 3 is 2.43 bits per heavy atom. The van der Waals surface area contributed by atoms with Crippen molar-refractivity contribution in [2.45, 2.75) is 6.92 Å². The van der Waals surface area contributed by atoms with Crippen LogP contribution in [0.2, 0.25) is 0 Å². The summed E-state index contributed by atoms with van der Waals surface area (Å²) in [5.74, 6) is 1.90. The van der Waals surface area contributed by atoms with Gasteiger partial charge in [0.05, 0.1) is 5.69 Å². The van der Waals surface area contributed by atoms with Crippen molar-refractivity contribution in [1.82, 2.24) is 4.98 Å². The Bertz CT molecular complexity index is 774. The molecule has 2 heteroatoms. The fraction of sp³-hybridized carbons (Fsp3) is 0.211. The molecule has 2 heterocycles. The number of aromatic nitrogens is 1. The van der Waals surface area contributed by atoms with Gasteiger partial charge in [-0.25, -0.2) is 4.98 Å². The van der Waals surface area contributed by atoms with Crippen LogP contribution in [0.4, 0.5) is 5.82 Å². The summed E-state index contributed by atoms with van der Waals surface area (Å²) in [5, 5.41) is 2.52. The summed E-state index contributed by atoms with van der Waals surface area (Å²) in [4.78, 5) is 7.34. The van der Waals surface area contributed by atoms with Gasteiger partial charge in [-0.05, 0) is 17.4 Å². The van der Waals surface area contributed by atoms with Gasteiger partial charge in [-0.2, -0.15) is 0 Å². The Morgan fingerprint density at radius 1 is 0.952 bits per heavy atom. The van der Waals surface area contributed by atoms with Crippen LogP contribution in [-0.2, 0) is 0 Å². The molecule has 104 valence electrons. The SMILES string of the molecule is CC1CN(c2nc(-c3ccccc3)cc3ccccc23)C1. The lowest BCUT2D eigenvalue weighted by Gasteiger charge is -2.39. The molecule has 0 unspecified atom stereocenters. The van der Waals surface area contributed by atoms with Gasteiger partial charge < -0.3 is 4.90 Å². The van der Waals surface area contributed by atoms with Gasteiger partial charge in [0.25, 0.3) is 0 Å². The number of anilines is 1. The minimum atomic E-state index is 0.769. The summed E-state index contributed by atoms with van der Waals surface area (Å²) in [6.45, 7) is 4.50. The van der Waals surface area contributed by atoms with E-state index in [0.717, 1.165) is 30.5 Å². The van der Waals surface area contributed by atoms with Crippen molar-refractivity contribution in [2.75, 3.05) is 18.0 Å². The zero-order chi connectivity index (χ0) is 14.2. The minimum Gasteiger partial charge on any atom is -0.355 e. The summed E-state index contributed by atoms with van der Waals surface area (Å²) in [6.07, 6.45) is 0. The molecule has 1 aromatic heterocycles. The van der Waals surface area contributed by atoms with Crippen LogP contribution in [0.5, 0.6) is 0 Å². The second-order valence-corrected chi connectivity index (χ2v) is 5.93. The summed E-state index contributed by atoms with van der Waals surface area (Å²) in [5.41, 5.74) is 2.24. The lowest BCUT2D eigenvalue weighted by atomic mass is 10.0. The molecule has 0 aliphatic carbocycles. The third-order valence-corrected chi connectivity index (χ3v) is 4.15. The zero-order valence-corrected chi connectivity index (χ0v) is 12.2. The molecule has 0 N–H and O–H groups in total. The molecule has 1 aliphatic rings. The summed E-state index contributed by atoms with van der Waals surface area (Å²) < 4.78 is 0. The molecule has 1 aliphatic heterocycles. The fourth-order valence-corrected chi connectivity index (χ4v) is 3.05. The highest BCUT2D eigenvalue weighted by molar-refractivity contribution is 5.95. The second kappa shape index (κ2) is 4.88. The Balaban J connectivity index is 1.90. The number of hydrogen-bond donors (Lipinski definition) is 0. The molecular weight excluding hydrogens is 256 g/mol. The standard InChI is InChI=1S/C19H18N2/c1-14-12-21(13-14)19-17-10-6-5-9-16(17)11-18(20-19)15-7-3-2-4-8-15/h2-11,14H,12-13H2,1H3. The zero-order valence-electron chi connectivity index (χ0n) is 12.2. The van der Waals surface area contributed by atoms with E-state index >= 15 is 0 Å². The smallest absolute Gasteiger partial charge is 0.137 e. The molecule has 0 amide bonds. The fourth-order valence-electron chi connectivity index (χ4n) is 3.05. The quantitative estimate of drug-likeness (QED) is 0.690. The number of nitrogens with zero attached hydrogens (tertiary/aromatic N) is 2. The van der Waals surface area contributed by atoms with E-state index in [4.69, 9.17) is 4.98 Å². The Labute approximate surface area is 125 Å².